The number of halogens is 1. The fourth-order valence-corrected chi connectivity index (χ4v) is 4.74. The van der Waals surface area contributed by atoms with Gasteiger partial charge < -0.3 is 4.74 Å². The van der Waals surface area contributed by atoms with Crippen molar-refractivity contribution < 1.29 is 9.53 Å². The molecule has 0 bridgehead atoms. The minimum absolute atomic E-state index is 0.00242. The third kappa shape index (κ3) is 3.92. The standard InChI is InChI=1S/C24H27ClN2O2/c1-3-12-26-13-10-24(11-14-26)17-27(22-9-8-18(2)15-20(22)24)23(28)29-16-19-6-4-5-7-21(19)25/h3-9,15H,1,10-14,16-17H2,2H3. The van der Waals surface area contributed by atoms with Crippen molar-refractivity contribution in [2.75, 3.05) is 31.1 Å². The lowest BCUT2D eigenvalue weighted by Crippen LogP contribution is -2.46. The fraction of sp³-hybridized carbons (Fsp3) is 0.375. The molecule has 1 saturated heterocycles. The summed E-state index contributed by atoms with van der Waals surface area (Å²) in [7, 11) is 0. The summed E-state index contributed by atoms with van der Waals surface area (Å²) in [5.74, 6) is 0. The summed E-state index contributed by atoms with van der Waals surface area (Å²) in [5.41, 5.74) is 4.31. The van der Waals surface area contributed by atoms with Crippen LogP contribution in [0.25, 0.3) is 0 Å². The molecule has 2 aliphatic rings. The number of ether oxygens (including phenoxy) is 1. The van der Waals surface area contributed by atoms with Crippen LogP contribution >= 0.6 is 11.6 Å². The van der Waals surface area contributed by atoms with Gasteiger partial charge in [-0.1, -0.05) is 53.6 Å². The first-order valence-corrected chi connectivity index (χ1v) is 10.5. The van der Waals surface area contributed by atoms with Crippen LogP contribution in [0.2, 0.25) is 5.02 Å². The molecule has 0 N–H and O–H groups in total. The van der Waals surface area contributed by atoms with Gasteiger partial charge in [-0.25, -0.2) is 4.79 Å². The second kappa shape index (κ2) is 8.21. The average Bonchev–Trinajstić information content (AvgIpc) is 3.03. The maximum Gasteiger partial charge on any atom is 0.414 e. The van der Waals surface area contributed by atoms with E-state index < -0.39 is 0 Å². The molecule has 2 heterocycles. The molecule has 0 aromatic heterocycles. The lowest BCUT2D eigenvalue weighted by atomic mass is 9.74. The summed E-state index contributed by atoms with van der Waals surface area (Å²) in [5, 5.41) is 0.615. The summed E-state index contributed by atoms with van der Waals surface area (Å²) >= 11 is 6.21. The molecule has 0 atom stereocenters. The van der Waals surface area contributed by atoms with E-state index in [4.69, 9.17) is 16.3 Å². The van der Waals surface area contributed by atoms with E-state index in [0.29, 0.717) is 11.6 Å². The Hall–Kier alpha value is -2.30. The van der Waals surface area contributed by atoms with E-state index in [9.17, 15) is 4.79 Å². The first-order valence-electron chi connectivity index (χ1n) is 10.1. The topological polar surface area (TPSA) is 32.8 Å². The Morgan fingerprint density at radius 2 is 2.00 bits per heavy atom. The van der Waals surface area contributed by atoms with Gasteiger partial charge in [-0.3, -0.25) is 9.80 Å². The monoisotopic (exact) mass is 410 g/mol. The van der Waals surface area contributed by atoms with Gasteiger partial charge in [0.15, 0.2) is 0 Å². The van der Waals surface area contributed by atoms with Gasteiger partial charge >= 0.3 is 6.09 Å². The normalized spacial score (nSPS) is 17.9. The van der Waals surface area contributed by atoms with E-state index in [1.54, 1.807) is 0 Å². The smallest absolute Gasteiger partial charge is 0.414 e. The molecule has 0 radical (unpaired) electrons. The second-order valence-electron chi connectivity index (χ2n) is 8.12. The summed E-state index contributed by atoms with van der Waals surface area (Å²) < 4.78 is 5.65. The van der Waals surface area contributed by atoms with Gasteiger partial charge in [0.25, 0.3) is 0 Å². The van der Waals surface area contributed by atoms with Crippen LogP contribution in [0.3, 0.4) is 0 Å². The van der Waals surface area contributed by atoms with Crippen LogP contribution in [0.15, 0.2) is 55.1 Å². The predicted molar refractivity (Wildman–Crippen MR) is 118 cm³/mol. The third-order valence-electron chi connectivity index (χ3n) is 6.20. The lowest BCUT2D eigenvalue weighted by molar-refractivity contribution is 0.142. The molecular formula is C24H27ClN2O2. The molecule has 29 heavy (non-hydrogen) atoms. The Kier molecular flexibility index (Phi) is 5.66. The molecular weight excluding hydrogens is 384 g/mol. The number of nitrogens with zero attached hydrogens (tertiary/aromatic N) is 2. The van der Waals surface area contributed by atoms with Crippen molar-refractivity contribution in [2.45, 2.75) is 31.8 Å². The number of aryl methyl sites for hydroxylation is 1. The number of amides is 1. The molecule has 2 aromatic carbocycles. The number of likely N-dealkylation sites (tertiary alicyclic amines) is 1. The molecule has 4 rings (SSSR count). The summed E-state index contributed by atoms with van der Waals surface area (Å²) in [6.07, 6.45) is 3.72. The van der Waals surface area contributed by atoms with Crippen molar-refractivity contribution >= 4 is 23.4 Å². The number of hydrogen-bond donors (Lipinski definition) is 0. The molecule has 4 nitrogen and oxygen atoms in total. The number of benzene rings is 2. The van der Waals surface area contributed by atoms with Gasteiger partial charge in [0.05, 0.1) is 5.69 Å². The van der Waals surface area contributed by atoms with Crippen LogP contribution in [0.4, 0.5) is 10.5 Å². The molecule has 0 unspecified atom stereocenters. The Morgan fingerprint density at radius 3 is 2.72 bits per heavy atom. The lowest BCUT2D eigenvalue weighted by Gasteiger charge is -2.39. The molecule has 1 amide bonds. The minimum atomic E-state index is -0.305. The van der Waals surface area contributed by atoms with Crippen LogP contribution in [0, 0.1) is 6.92 Å². The van der Waals surface area contributed by atoms with Crippen molar-refractivity contribution in [1.82, 2.24) is 4.90 Å². The van der Waals surface area contributed by atoms with Crippen molar-refractivity contribution in [3.05, 3.63) is 76.8 Å². The molecule has 1 fully saturated rings. The Labute approximate surface area is 177 Å². The maximum atomic E-state index is 13.0. The zero-order valence-electron chi connectivity index (χ0n) is 16.9. The van der Waals surface area contributed by atoms with Crippen LogP contribution in [0.5, 0.6) is 0 Å². The zero-order chi connectivity index (χ0) is 20.4. The Bertz CT molecular complexity index is 919. The molecule has 2 aliphatic heterocycles. The van der Waals surface area contributed by atoms with Crippen molar-refractivity contribution in [3.8, 4) is 0 Å². The molecule has 2 aromatic rings. The van der Waals surface area contributed by atoms with E-state index >= 15 is 0 Å². The Morgan fingerprint density at radius 1 is 1.24 bits per heavy atom. The van der Waals surface area contributed by atoms with E-state index in [0.717, 1.165) is 43.7 Å². The van der Waals surface area contributed by atoms with E-state index in [2.05, 4.69) is 36.6 Å². The first kappa shape index (κ1) is 20.0. The number of hydrogen-bond acceptors (Lipinski definition) is 3. The van der Waals surface area contributed by atoms with Gasteiger partial charge in [-0.05, 0) is 50.6 Å². The highest BCUT2D eigenvalue weighted by Crippen LogP contribution is 2.47. The van der Waals surface area contributed by atoms with E-state index in [1.807, 2.05) is 35.2 Å². The summed E-state index contributed by atoms with van der Waals surface area (Å²) in [4.78, 5) is 17.2. The molecule has 0 saturated carbocycles. The maximum absolute atomic E-state index is 13.0. The van der Waals surface area contributed by atoms with E-state index in [1.165, 1.54) is 11.1 Å². The number of piperidine rings is 1. The number of fused-ring (bicyclic) bond motifs is 2. The number of carbonyl (C=O) groups excluding carboxylic acids is 1. The van der Waals surface area contributed by atoms with E-state index in [-0.39, 0.29) is 18.1 Å². The van der Waals surface area contributed by atoms with Crippen LogP contribution in [-0.2, 0) is 16.8 Å². The summed E-state index contributed by atoms with van der Waals surface area (Å²) in [6.45, 7) is 9.77. The van der Waals surface area contributed by atoms with Crippen molar-refractivity contribution in [1.29, 1.82) is 0 Å². The number of carbonyl (C=O) groups is 1. The highest BCUT2D eigenvalue weighted by Gasteiger charge is 2.46. The van der Waals surface area contributed by atoms with Crippen LogP contribution < -0.4 is 4.90 Å². The van der Waals surface area contributed by atoms with Crippen molar-refractivity contribution in [3.63, 3.8) is 0 Å². The molecule has 1 spiro atoms. The molecule has 0 aliphatic carbocycles. The highest BCUT2D eigenvalue weighted by molar-refractivity contribution is 6.31. The fourth-order valence-electron chi connectivity index (χ4n) is 4.55. The van der Waals surface area contributed by atoms with Gasteiger partial charge in [0, 0.05) is 29.1 Å². The summed E-state index contributed by atoms with van der Waals surface area (Å²) in [6, 6.07) is 13.8. The number of anilines is 1. The second-order valence-corrected chi connectivity index (χ2v) is 8.53. The quantitative estimate of drug-likeness (QED) is 0.639. The van der Waals surface area contributed by atoms with Crippen molar-refractivity contribution in [2.24, 2.45) is 0 Å². The molecule has 5 heteroatoms. The van der Waals surface area contributed by atoms with Gasteiger partial charge in [0.1, 0.15) is 6.61 Å². The largest absolute Gasteiger partial charge is 0.444 e. The SMILES string of the molecule is C=CCN1CCC2(CC1)CN(C(=O)OCc1ccccc1Cl)c1ccc(C)cc12. The first-order chi connectivity index (χ1) is 14.0. The predicted octanol–water partition coefficient (Wildman–Crippen LogP) is 5.32. The highest BCUT2D eigenvalue weighted by atomic mass is 35.5. The molecule has 152 valence electrons. The average molecular weight is 411 g/mol. The van der Waals surface area contributed by atoms with Gasteiger partial charge in [-0.15, -0.1) is 6.58 Å². The van der Waals surface area contributed by atoms with Crippen LogP contribution in [-0.4, -0.2) is 37.2 Å². The van der Waals surface area contributed by atoms with Gasteiger partial charge in [0.2, 0.25) is 0 Å². The minimum Gasteiger partial charge on any atom is -0.444 e. The van der Waals surface area contributed by atoms with Gasteiger partial charge in [-0.2, -0.15) is 0 Å². The third-order valence-corrected chi connectivity index (χ3v) is 6.57. The number of rotatable bonds is 4. The Balaban J connectivity index is 1.54. The zero-order valence-corrected chi connectivity index (χ0v) is 17.6. The van der Waals surface area contributed by atoms with Crippen LogP contribution in [0.1, 0.15) is 29.5 Å².